The third-order valence-electron chi connectivity index (χ3n) is 5.37. The Morgan fingerprint density at radius 2 is 1.83 bits per heavy atom. The molecule has 0 amide bonds. The molecule has 4 rings (SSSR count). The van der Waals surface area contributed by atoms with E-state index in [0.717, 1.165) is 47.5 Å². The maximum Gasteiger partial charge on any atom is 0.339 e. The van der Waals surface area contributed by atoms with Crippen LogP contribution in [-0.2, 0) is 14.3 Å². The van der Waals surface area contributed by atoms with Gasteiger partial charge in [-0.15, -0.1) is 11.3 Å². The predicted octanol–water partition coefficient (Wildman–Crippen LogP) is 8.77. The van der Waals surface area contributed by atoms with Crippen LogP contribution in [0, 0.1) is 6.92 Å². The number of ether oxygens (including phenoxy) is 2. The quantitative estimate of drug-likeness (QED) is 0.217. The van der Waals surface area contributed by atoms with E-state index in [1.165, 1.54) is 0 Å². The van der Waals surface area contributed by atoms with Crippen molar-refractivity contribution in [3.63, 3.8) is 0 Å². The summed E-state index contributed by atoms with van der Waals surface area (Å²) in [6.07, 6.45) is -0.888. The van der Waals surface area contributed by atoms with Crippen LogP contribution in [-0.4, -0.2) is 23.2 Å². The van der Waals surface area contributed by atoms with Crippen molar-refractivity contribution in [2.45, 2.75) is 46.3 Å². The summed E-state index contributed by atoms with van der Waals surface area (Å²) in [5, 5.41) is 1.55. The summed E-state index contributed by atoms with van der Waals surface area (Å²) in [7, 11) is 0. The monoisotopic (exact) mass is 571 g/mol. The Balaban J connectivity index is 2.03. The zero-order valence-electron chi connectivity index (χ0n) is 20.3. The third-order valence-corrected chi connectivity index (χ3v) is 7.25. The van der Waals surface area contributed by atoms with Gasteiger partial charge in [0.2, 0.25) is 0 Å². The maximum atomic E-state index is 13.2. The van der Waals surface area contributed by atoms with Crippen LogP contribution in [0.15, 0.2) is 59.1 Å². The number of hydrogen-bond donors (Lipinski definition) is 0. The second kappa shape index (κ2) is 10.4. The summed E-state index contributed by atoms with van der Waals surface area (Å²) in [5.74, 6) is -0.406. The highest BCUT2D eigenvalue weighted by Crippen LogP contribution is 2.44. The average molecular weight is 573 g/mol. The van der Waals surface area contributed by atoms with Crippen molar-refractivity contribution in [3.05, 3.63) is 75.2 Å². The van der Waals surface area contributed by atoms with Gasteiger partial charge in [-0.2, -0.15) is 0 Å². The van der Waals surface area contributed by atoms with E-state index >= 15 is 0 Å². The Bertz CT molecular complexity index is 1380. The fourth-order valence-electron chi connectivity index (χ4n) is 3.99. The lowest BCUT2D eigenvalue weighted by Crippen LogP contribution is -2.29. The van der Waals surface area contributed by atoms with Crippen molar-refractivity contribution in [3.8, 4) is 21.7 Å². The van der Waals surface area contributed by atoms with E-state index in [1.807, 2.05) is 76.2 Å². The Labute approximate surface area is 223 Å². The number of carbonyl (C=O) groups excluding carboxylic acids is 1. The number of esters is 1. The number of halogens is 2. The summed E-state index contributed by atoms with van der Waals surface area (Å²) < 4.78 is 13.8. The predicted molar refractivity (Wildman–Crippen MR) is 148 cm³/mol. The number of nitrogens with zero attached hydrogens (tertiary/aromatic N) is 1. The van der Waals surface area contributed by atoms with Crippen molar-refractivity contribution in [1.82, 2.24) is 4.98 Å². The van der Waals surface area contributed by atoms with E-state index in [0.29, 0.717) is 5.02 Å². The van der Waals surface area contributed by atoms with Gasteiger partial charge in [-0.05, 0) is 76.1 Å². The molecule has 0 spiro atoms. The van der Waals surface area contributed by atoms with E-state index in [9.17, 15) is 4.79 Å². The van der Waals surface area contributed by atoms with Gasteiger partial charge in [0.15, 0.2) is 6.10 Å². The molecule has 3 aromatic carbocycles. The van der Waals surface area contributed by atoms with Crippen LogP contribution in [0.3, 0.4) is 0 Å². The summed E-state index contributed by atoms with van der Waals surface area (Å²) >= 11 is 11.4. The number of aromatic nitrogens is 1. The van der Waals surface area contributed by atoms with Crippen molar-refractivity contribution >= 4 is 55.1 Å². The number of carbonyl (C=O) groups is 1. The minimum absolute atomic E-state index is 0.272. The average Bonchev–Trinajstić information content (AvgIpc) is 3.20. The number of rotatable bonds is 6. The van der Waals surface area contributed by atoms with Gasteiger partial charge in [-0.1, -0.05) is 51.8 Å². The molecule has 0 aliphatic heterocycles. The van der Waals surface area contributed by atoms with Crippen LogP contribution in [0.1, 0.15) is 44.9 Å². The molecule has 4 aromatic rings. The molecule has 1 atom stereocenters. The Hall–Kier alpha value is -2.25. The van der Waals surface area contributed by atoms with Gasteiger partial charge in [0.1, 0.15) is 5.01 Å². The van der Waals surface area contributed by atoms with Crippen LogP contribution in [0.5, 0.6) is 0 Å². The molecule has 0 N–H and O–H groups in total. The summed E-state index contributed by atoms with van der Waals surface area (Å²) in [5.41, 5.74) is 4.88. The van der Waals surface area contributed by atoms with Gasteiger partial charge in [0, 0.05) is 26.2 Å². The highest BCUT2D eigenvalue weighted by molar-refractivity contribution is 9.10. The van der Waals surface area contributed by atoms with Crippen molar-refractivity contribution < 1.29 is 14.3 Å². The fraction of sp³-hybridized carbons (Fsp3) is 0.286. The highest BCUT2D eigenvalue weighted by Gasteiger charge is 2.33. The number of benzene rings is 3. The first-order valence-corrected chi connectivity index (χ1v) is 13.4. The topological polar surface area (TPSA) is 48.4 Å². The first kappa shape index (κ1) is 25.8. The van der Waals surface area contributed by atoms with Gasteiger partial charge in [0.25, 0.3) is 0 Å². The van der Waals surface area contributed by atoms with Crippen molar-refractivity contribution in [1.29, 1.82) is 0 Å². The van der Waals surface area contributed by atoms with Crippen LogP contribution in [0.2, 0.25) is 5.02 Å². The molecule has 0 aliphatic rings. The lowest BCUT2D eigenvalue weighted by molar-refractivity contribution is -0.166. The zero-order chi connectivity index (χ0) is 25.3. The molecule has 35 heavy (non-hydrogen) atoms. The van der Waals surface area contributed by atoms with E-state index in [1.54, 1.807) is 18.3 Å². The molecule has 1 aromatic heterocycles. The first-order chi connectivity index (χ1) is 16.6. The van der Waals surface area contributed by atoms with Crippen LogP contribution < -0.4 is 0 Å². The van der Waals surface area contributed by atoms with Crippen molar-refractivity contribution in [2.75, 3.05) is 6.61 Å². The molecule has 7 heteroatoms. The van der Waals surface area contributed by atoms with E-state index in [4.69, 9.17) is 26.1 Å². The second-order valence-corrected chi connectivity index (χ2v) is 11.6. The molecule has 1 unspecified atom stereocenters. The summed E-state index contributed by atoms with van der Waals surface area (Å²) in [4.78, 5) is 18.2. The minimum Gasteiger partial charge on any atom is -0.464 e. The smallest absolute Gasteiger partial charge is 0.339 e. The van der Waals surface area contributed by atoms with Gasteiger partial charge < -0.3 is 9.47 Å². The van der Waals surface area contributed by atoms with Crippen LogP contribution in [0.4, 0.5) is 0 Å². The molecule has 0 fully saturated rings. The van der Waals surface area contributed by atoms with Gasteiger partial charge in [-0.3, -0.25) is 0 Å². The van der Waals surface area contributed by atoms with Crippen LogP contribution >= 0.6 is 38.9 Å². The van der Waals surface area contributed by atoms with E-state index in [-0.39, 0.29) is 6.61 Å². The second-order valence-electron chi connectivity index (χ2n) is 9.23. The van der Waals surface area contributed by atoms with Gasteiger partial charge in [-0.25, -0.2) is 9.78 Å². The molecule has 0 saturated carbocycles. The maximum absolute atomic E-state index is 13.2. The van der Waals surface area contributed by atoms with E-state index in [2.05, 4.69) is 22.0 Å². The molecule has 0 bridgehead atoms. The Morgan fingerprint density at radius 1 is 1.11 bits per heavy atom. The highest BCUT2D eigenvalue weighted by atomic mass is 79.9. The zero-order valence-corrected chi connectivity index (χ0v) is 23.5. The van der Waals surface area contributed by atoms with Gasteiger partial charge in [0.05, 0.1) is 22.4 Å². The molecular weight excluding hydrogens is 546 g/mol. The first-order valence-electron chi connectivity index (χ1n) is 11.4. The van der Waals surface area contributed by atoms with E-state index < -0.39 is 17.7 Å². The molecule has 0 saturated heterocycles. The normalized spacial score (nSPS) is 12.7. The lowest BCUT2D eigenvalue weighted by atomic mass is 9.91. The Morgan fingerprint density at radius 3 is 2.46 bits per heavy atom. The van der Waals surface area contributed by atoms with Crippen molar-refractivity contribution in [2.24, 2.45) is 0 Å². The standard InChI is InChI=1S/C28H27BrClNO3S/c1-6-33-27(32)24(34-28(3,4)5)22-16(2)14-21-25(23(22)17-10-12-20(30)13-11-17)35-26(31-21)18-8-7-9-19(29)15-18/h7-15,24H,6H2,1-5H3. The van der Waals surface area contributed by atoms with Gasteiger partial charge >= 0.3 is 5.97 Å². The lowest BCUT2D eigenvalue weighted by Gasteiger charge is -2.29. The number of aryl methyl sites for hydroxylation is 1. The molecule has 4 nitrogen and oxygen atoms in total. The number of hydrogen-bond acceptors (Lipinski definition) is 5. The molecular formula is C28H27BrClNO3S. The Kier molecular flexibility index (Phi) is 7.67. The molecule has 0 radical (unpaired) electrons. The fourth-order valence-corrected chi connectivity index (χ4v) is 5.64. The molecule has 182 valence electrons. The number of thiazole rings is 1. The SMILES string of the molecule is CCOC(=O)C(OC(C)(C)C)c1c(C)cc2nc(-c3cccc(Br)c3)sc2c1-c1ccc(Cl)cc1. The molecule has 1 heterocycles. The van der Waals surface area contributed by atoms with Crippen LogP contribution in [0.25, 0.3) is 31.9 Å². The summed E-state index contributed by atoms with van der Waals surface area (Å²) in [6, 6.07) is 17.8. The molecule has 0 aliphatic carbocycles. The minimum atomic E-state index is -0.888. The third kappa shape index (κ3) is 5.78. The summed E-state index contributed by atoms with van der Waals surface area (Å²) in [6.45, 7) is 9.88. The number of fused-ring (bicyclic) bond motifs is 1. The largest absolute Gasteiger partial charge is 0.464 e.